The monoisotopic (exact) mass is 460 g/mol. The molecule has 11 heteroatoms. The Hall–Kier alpha value is -2.73. The number of carboxylic acids is 1. The van der Waals surface area contributed by atoms with Crippen LogP contribution in [0.15, 0.2) is 36.4 Å². The summed E-state index contributed by atoms with van der Waals surface area (Å²) in [7, 11) is -1.26. The Labute approximate surface area is 193 Å². The highest BCUT2D eigenvalue weighted by Gasteiger charge is 2.31. The number of pyridine rings is 1. The van der Waals surface area contributed by atoms with Crippen LogP contribution >= 0.6 is 0 Å². The molecule has 0 aliphatic carbocycles. The molecule has 1 saturated heterocycles. The van der Waals surface area contributed by atoms with Crippen molar-refractivity contribution in [1.29, 1.82) is 0 Å². The Morgan fingerprint density at radius 3 is 2.45 bits per heavy atom. The van der Waals surface area contributed by atoms with Crippen LogP contribution in [0.2, 0.25) is 5.31 Å². The maximum Gasteiger partial charge on any atom is 0.457 e. The molecule has 2 amide bonds. The Morgan fingerprint density at radius 1 is 1.21 bits per heavy atom. The molecule has 1 aromatic carbocycles. The first-order valence-corrected chi connectivity index (χ1v) is 10.9. The fraction of sp³-hybridized carbons (Fsp3) is 0.500. The van der Waals surface area contributed by atoms with E-state index in [2.05, 4.69) is 10.3 Å². The first-order valence-electron chi connectivity index (χ1n) is 10.9. The SMILES string of the molecule is CC(C)(CCN)B(O)O.O=C(O)[C@H](Cc1ccc2ccccc2n1)NC(=O)N1CCOCC1. The van der Waals surface area contributed by atoms with Crippen molar-refractivity contribution in [2.75, 3.05) is 32.8 Å². The lowest BCUT2D eigenvalue weighted by molar-refractivity contribution is -0.139. The van der Waals surface area contributed by atoms with Gasteiger partial charge in [-0.3, -0.25) is 4.98 Å². The summed E-state index contributed by atoms with van der Waals surface area (Å²) >= 11 is 0. The van der Waals surface area contributed by atoms with E-state index < -0.39 is 24.4 Å². The fourth-order valence-corrected chi connectivity index (χ4v) is 3.14. The number of fused-ring (bicyclic) bond motifs is 1. The minimum absolute atomic E-state index is 0.135. The Morgan fingerprint density at radius 2 is 1.88 bits per heavy atom. The molecule has 1 aromatic heterocycles. The fourth-order valence-electron chi connectivity index (χ4n) is 3.14. The number of hydrogen-bond acceptors (Lipinski definition) is 7. The van der Waals surface area contributed by atoms with Crippen LogP contribution in [-0.4, -0.2) is 83.0 Å². The molecule has 6 N–H and O–H groups in total. The number of nitrogens with one attached hydrogen (secondary N) is 1. The molecule has 2 heterocycles. The molecule has 33 heavy (non-hydrogen) atoms. The molecule has 1 aliphatic rings. The quantitative estimate of drug-likeness (QED) is 0.381. The zero-order valence-corrected chi connectivity index (χ0v) is 19.1. The van der Waals surface area contributed by atoms with Crippen molar-refractivity contribution in [2.45, 2.75) is 38.0 Å². The number of aliphatic carboxylic acids is 1. The van der Waals surface area contributed by atoms with Gasteiger partial charge in [-0.1, -0.05) is 38.1 Å². The van der Waals surface area contributed by atoms with Gasteiger partial charge in [-0.15, -0.1) is 0 Å². The van der Waals surface area contributed by atoms with Gasteiger partial charge in [0.1, 0.15) is 6.04 Å². The molecule has 180 valence electrons. The number of para-hydroxylation sites is 1. The normalized spacial score (nSPS) is 14.8. The van der Waals surface area contributed by atoms with Crippen LogP contribution in [0.4, 0.5) is 4.79 Å². The molecular weight excluding hydrogens is 427 g/mol. The number of carbonyl (C=O) groups excluding carboxylic acids is 1. The van der Waals surface area contributed by atoms with E-state index in [-0.39, 0.29) is 12.5 Å². The first-order chi connectivity index (χ1) is 15.6. The average Bonchev–Trinajstić information content (AvgIpc) is 2.79. The summed E-state index contributed by atoms with van der Waals surface area (Å²) < 4.78 is 5.19. The van der Waals surface area contributed by atoms with E-state index >= 15 is 0 Å². The summed E-state index contributed by atoms with van der Waals surface area (Å²) in [6.45, 7) is 5.90. The Balaban J connectivity index is 0.000000365. The van der Waals surface area contributed by atoms with Crippen molar-refractivity contribution < 1.29 is 29.5 Å². The smallest absolute Gasteiger partial charge is 0.457 e. The van der Waals surface area contributed by atoms with Gasteiger partial charge in [-0.05, 0) is 25.1 Å². The van der Waals surface area contributed by atoms with Gasteiger partial charge >= 0.3 is 19.1 Å². The van der Waals surface area contributed by atoms with Gasteiger partial charge in [0.2, 0.25) is 0 Å². The highest BCUT2D eigenvalue weighted by Crippen LogP contribution is 2.28. The lowest BCUT2D eigenvalue weighted by atomic mass is 9.59. The van der Waals surface area contributed by atoms with Crippen LogP contribution in [0.1, 0.15) is 26.0 Å². The second kappa shape index (κ2) is 12.5. The summed E-state index contributed by atoms with van der Waals surface area (Å²) in [5.74, 6) is -1.08. The lowest BCUT2D eigenvalue weighted by Crippen LogP contribution is -2.51. The summed E-state index contributed by atoms with van der Waals surface area (Å²) in [6.07, 6.45) is 0.765. The summed E-state index contributed by atoms with van der Waals surface area (Å²) in [5.41, 5.74) is 6.66. The topological polar surface area (TPSA) is 158 Å². The van der Waals surface area contributed by atoms with Crippen molar-refractivity contribution in [3.05, 3.63) is 42.1 Å². The minimum atomic E-state index is -1.26. The zero-order chi connectivity index (χ0) is 24.4. The Kier molecular flexibility index (Phi) is 10.0. The number of amides is 2. The van der Waals surface area contributed by atoms with E-state index in [0.29, 0.717) is 45.0 Å². The molecule has 0 spiro atoms. The third-order valence-corrected chi connectivity index (χ3v) is 5.45. The van der Waals surface area contributed by atoms with Gasteiger partial charge in [0.25, 0.3) is 0 Å². The second-order valence-corrected chi connectivity index (χ2v) is 8.54. The molecule has 0 radical (unpaired) electrons. The summed E-state index contributed by atoms with van der Waals surface area (Å²) in [5, 5.41) is 29.9. The van der Waals surface area contributed by atoms with Gasteiger partial charge in [0.15, 0.2) is 0 Å². The number of carboxylic acid groups (broad SMARTS) is 1. The number of ether oxygens (including phenoxy) is 1. The first kappa shape index (κ1) is 26.5. The summed E-state index contributed by atoms with van der Waals surface area (Å²) in [6, 6.07) is 9.92. The number of urea groups is 1. The van der Waals surface area contributed by atoms with E-state index in [1.54, 1.807) is 24.8 Å². The van der Waals surface area contributed by atoms with Gasteiger partial charge in [-0.2, -0.15) is 0 Å². The molecule has 2 aromatic rings. The maximum absolute atomic E-state index is 12.2. The highest BCUT2D eigenvalue weighted by molar-refractivity contribution is 6.45. The van der Waals surface area contributed by atoms with Crippen LogP contribution in [0.25, 0.3) is 10.9 Å². The van der Waals surface area contributed by atoms with E-state index in [4.69, 9.17) is 20.5 Å². The number of hydrogen-bond donors (Lipinski definition) is 5. The number of morpholine rings is 1. The van der Waals surface area contributed by atoms with Crippen molar-refractivity contribution in [2.24, 2.45) is 5.73 Å². The maximum atomic E-state index is 12.2. The van der Waals surface area contributed by atoms with Gasteiger partial charge in [0, 0.05) is 35.9 Å². The molecular formula is C22H33BN4O6. The third-order valence-electron chi connectivity index (χ3n) is 5.45. The standard InChI is InChI=1S/C17H19N3O4.C5H14BNO2/c21-16(22)15(19-17(23)20-7-9-24-10-8-20)11-13-6-5-12-3-1-2-4-14(12)18-13;1-5(2,3-4-7)6(8)9/h1-6,15H,7-11H2,(H,19,23)(H,21,22);8-9H,3-4,7H2,1-2H3/t15-;/m0./s1. The predicted molar refractivity (Wildman–Crippen MR) is 126 cm³/mol. The molecule has 10 nitrogen and oxygen atoms in total. The molecule has 1 atom stereocenters. The number of carbonyl (C=O) groups is 2. The predicted octanol–water partition coefficient (Wildman–Crippen LogP) is 0.861. The van der Waals surface area contributed by atoms with Gasteiger partial charge in [0.05, 0.1) is 18.7 Å². The van der Waals surface area contributed by atoms with Crippen LogP contribution in [0.5, 0.6) is 0 Å². The average molecular weight is 460 g/mol. The number of rotatable bonds is 7. The van der Waals surface area contributed by atoms with Crippen molar-refractivity contribution in [3.8, 4) is 0 Å². The van der Waals surface area contributed by atoms with E-state index in [1.165, 1.54) is 0 Å². The molecule has 3 rings (SSSR count). The van der Waals surface area contributed by atoms with Crippen LogP contribution in [0, 0.1) is 0 Å². The minimum Gasteiger partial charge on any atom is -0.480 e. The molecule has 0 saturated carbocycles. The largest absolute Gasteiger partial charge is 0.480 e. The molecule has 0 bridgehead atoms. The zero-order valence-electron chi connectivity index (χ0n) is 19.1. The van der Waals surface area contributed by atoms with Crippen molar-refractivity contribution >= 4 is 30.0 Å². The number of nitrogens with two attached hydrogens (primary N) is 1. The Bertz CT molecular complexity index is 921. The molecule has 0 unspecified atom stereocenters. The third kappa shape index (κ3) is 8.28. The summed E-state index contributed by atoms with van der Waals surface area (Å²) in [4.78, 5) is 29.7. The van der Waals surface area contributed by atoms with E-state index in [1.807, 2.05) is 30.3 Å². The van der Waals surface area contributed by atoms with Crippen molar-refractivity contribution in [3.63, 3.8) is 0 Å². The van der Waals surface area contributed by atoms with Gasteiger partial charge in [-0.25, -0.2) is 9.59 Å². The van der Waals surface area contributed by atoms with E-state index in [9.17, 15) is 14.7 Å². The number of aromatic nitrogens is 1. The number of nitrogens with zero attached hydrogens (tertiary/aromatic N) is 2. The van der Waals surface area contributed by atoms with Gasteiger partial charge < -0.3 is 35.8 Å². The van der Waals surface area contributed by atoms with Crippen LogP contribution in [-0.2, 0) is 16.0 Å². The van der Waals surface area contributed by atoms with Crippen LogP contribution in [0.3, 0.4) is 0 Å². The molecule has 1 fully saturated rings. The lowest BCUT2D eigenvalue weighted by Gasteiger charge is -2.28. The van der Waals surface area contributed by atoms with E-state index in [0.717, 1.165) is 10.9 Å². The number of benzene rings is 1. The highest BCUT2D eigenvalue weighted by atomic mass is 16.5. The second-order valence-electron chi connectivity index (χ2n) is 8.54. The molecule has 1 aliphatic heterocycles. The van der Waals surface area contributed by atoms with Crippen molar-refractivity contribution in [1.82, 2.24) is 15.2 Å². The van der Waals surface area contributed by atoms with Crippen LogP contribution < -0.4 is 11.1 Å².